The molecule has 2 rings (SSSR count). The molecule has 0 bridgehead atoms. The summed E-state index contributed by atoms with van der Waals surface area (Å²) in [5.74, 6) is -3.51. The zero-order valence-corrected chi connectivity index (χ0v) is 16.0. The molecule has 9 heteroatoms. The first kappa shape index (κ1) is 21.2. The number of carbonyl (C=O) groups is 3. The Labute approximate surface area is 157 Å². The molecular formula is C18H23FN2O5S. The second-order valence-corrected chi connectivity index (χ2v) is 8.64. The highest BCUT2D eigenvalue weighted by molar-refractivity contribution is 7.89. The summed E-state index contributed by atoms with van der Waals surface area (Å²) in [7, 11) is -4.04. The van der Waals surface area contributed by atoms with E-state index in [9.17, 15) is 27.2 Å². The Morgan fingerprint density at radius 2 is 1.89 bits per heavy atom. The third-order valence-electron chi connectivity index (χ3n) is 4.48. The number of rotatable bonds is 7. The molecule has 7 nitrogen and oxygen atoms in total. The van der Waals surface area contributed by atoms with E-state index in [4.69, 9.17) is 0 Å². The number of amides is 1. The maximum atomic E-state index is 13.0. The summed E-state index contributed by atoms with van der Waals surface area (Å²) in [5, 5.41) is 2.47. The zero-order chi connectivity index (χ0) is 20.2. The van der Waals surface area contributed by atoms with Crippen LogP contribution in [0, 0.1) is 17.7 Å². The van der Waals surface area contributed by atoms with E-state index in [1.165, 1.54) is 0 Å². The SMILES string of the molecule is CC(C)C(NS(=O)(=O)c1ccc(F)cc1)C(=O)CC1CCCNC(=O)C1=O. The lowest BCUT2D eigenvalue weighted by Gasteiger charge is -2.23. The van der Waals surface area contributed by atoms with Crippen LogP contribution in [0.15, 0.2) is 29.2 Å². The van der Waals surface area contributed by atoms with E-state index in [0.29, 0.717) is 19.4 Å². The van der Waals surface area contributed by atoms with E-state index < -0.39 is 45.3 Å². The van der Waals surface area contributed by atoms with Gasteiger partial charge in [-0.05, 0) is 43.0 Å². The molecular weight excluding hydrogens is 375 g/mol. The molecule has 27 heavy (non-hydrogen) atoms. The van der Waals surface area contributed by atoms with Crippen molar-refractivity contribution >= 4 is 27.5 Å². The Balaban J connectivity index is 2.16. The quantitative estimate of drug-likeness (QED) is 0.671. The Morgan fingerprint density at radius 1 is 1.26 bits per heavy atom. The number of sulfonamides is 1. The van der Waals surface area contributed by atoms with Gasteiger partial charge in [0.1, 0.15) is 5.82 Å². The van der Waals surface area contributed by atoms with Crippen molar-refractivity contribution in [3.05, 3.63) is 30.1 Å². The summed E-state index contributed by atoms with van der Waals surface area (Å²) in [4.78, 5) is 36.3. The summed E-state index contributed by atoms with van der Waals surface area (Å²) < 4.78 is 40.4. The minimum absolute atomic E-state index is 0.160. The Morgan fingerprint density at radius 3 is 2.48 bits per heavy atom. The highest BCUT2D eigenvalue weighted by atomic mass is 32.2. The van der Waals surface area contributed by atoms with E-state index in [1.807, 2.05) is 0 Å². The summed E-state index contributed by atoms with van der Waals surface area (Å²) in [6, 6.07) is 3.20. The average Bonchev–Trinajstić information content (AvgIpc) is 2.75. The number of carbonyl (C=O) groups excluding carboxylic acids is 3. The Bertz CT molecular complexity index is 821. The van der Waals surface area contributed by atoms with E-state index in [1.54, 1.807) is 13.8 Å². The number of Topliss-reactive ketones (excluding diaryl/α,β-unsaturated/α-hetero) is 2. The number of benzene rings is 1. The van der Waals surface area contributed by atoms with Crippen molar-refractivity contribution in [3.63, 3.8) is 0 Å². The highest BCUT2D eigenvalue weighted by Gasteiger charge is 2.34. The van der Waals surface area contributed by atoms with Crippen LogP contribution >= 0.6 is 0 Å². The lowest BCUT2D eigenvalue weighted by molar-refractivity contribution is -0.140. The minimum atomic E-state index is -4.04. The van der Waals surface area contributed by atoms with Crippen LogP contribution in [-0.4, -0.2) is 38.5 Å². The van der Waals surface area contributed by atoms with Crippen molar-refractivity contribution in [1.82, 2.24) is 10.0 Å². The molecule has 0 spiro atoms. The number of halogens is 1. The van der Waals surface area contributed by atoms with Crippen molar-refractivity contribution in [3.8, 4) is 0 Å². The second-order valence-electron chi connectivity index (χ2n) is 6.93. The summed E-state index contributed by atoms with van der Waals surface area (Å²) in [5.41, 5.74) is 0. The van der Waals surface area contributed by atoms with Crippen LogP contribution in [0.3, 0.4) is 0 Å². The van der Waals surface area contributed by atoms with E-state index in [-0.39, 0.29) is 17.2 Å². The number of hydrogen-bond donors (Lipinski definition) is 2. The number of hydrogen-bond acceptors (Lipinski definition) is 5. The number of ketones is 2. The largest absolute Gasteiger partial charge is 0.349 e. The van der Waals surface area contributed by atoms with E-state index in [2.05, 4.69) is 10.0 Å². The Hall–Kier alpha value is -2.13. The van der Waals surface area contributed by atoms with Gasteiger partial charge in [0, 0.05) is 18.9 Å². The van der Waals surface area contributed by atoms with Gasteiger partial charge in [-0.2, -0.15) is 0 Å². The molecule has 2 unspecified atom stereocenters. The summed E-state index contributed by atoms with van der Waals surface area (Å²) in [6.45, 7) is 3.73. The van der Waals surface area contributed by atoms with Gasteiger partial charge in [-0.1, -0.05) is 13.8 Å². The smallest absolute Gasteiger partial charge is 0.287 e. The van der Waals surface area contributed by atoms with E-state index in [0.717, 1.165) is 24.3 Å². The third kappa shape index (κ3) is 5.43. The zero-order valence-electron chi connectivity index (χ0n) is 15.2. The van der Waals surface area contributed by atoms with Crippen LogP contribution in [-0.2, 0) is 24.4 Å². The molecule has 2 N–H and O–H groups in total. The minimum Gasteiger partial charge on any atom is -0.349 e. The van der Waals surface area contributed by atoms with Gasteiger partial charge in [0.25, 0.3) is 5.91 Å². The number of nitrogens with one attached hydrogen (secondary N) is 2. The first-order valence-electron chi connectivity index (χ1n) is 8.74. The van der Waals surface area contributed by atoms with Crippen LogP contribution in [0.1, 0.15) is 33.1 Å². The molecule has 1 aromatic rings. The molecule has 1 fully saturated rings. The normalized spacial score (nSPS) is 19.5. The van der Waals surface area contributed by atoms with Gasteiger partial charge in [0.15, 0.2) is 5.78 Å². The first-order chi connectivity index (χ1) is 12.6. The van der Waals surface area contributed by atoms with Crippen LogP contribution in [0.4, 0.5) is 4.39 Å². The predicted molar refractivity (Wildman–Crippen MR) is 95.7 cm³/mol. The monoisotopic (exact) mass is 398 g/mol. The fourth-order valence-corrected chi connectivity index (χ4v) is 4.31. The van der Waals surface area contributed by atoms with Crippen molar-refractivity contribution < 1.29 is 27.2 Å². The van der Waals surface area contributed by atoms with Crippen molar-refractivity contribution in [2.24, 2.45) is 11.8 Å². The van der Waals surface area contributed by atoms with Gasteiger partial charge < -0.3 is 5.32 Å². The first-order valence-corrected chi connectivity index (χ1v) is 10.2. The third-order valence-corrected chi connectivity index (χ3v) is 5.93. The van der Waals surface area contributed by atoms with Crippen molar-refractivity contribution in [2.45, 2.75) is 44.0 Å². The molecule has 1 amide bonds. The van der Waals surface area contributed by atoms with Crippen LogP contribution < -0.4 is 10.0 Å². The Kier molecular flexibility index (Phi) is 6.83. The van der Waals surface area contributed by atoms with Gasteiger partial charge in [-0.25, -0.2) is 17.5 Å². The van der Waals surface area contributed by atoms with Gasteiger partial charge in [-0.3, -0.25) is 14.4 Å². The standard InChI is InChI=1S/C18H23FN2O5S/c1-11(2)16(21-27(25,26)14-7-5-13(19)6-8-14)15(22)10-12-4-3-9-20-18(24)17(12)23/h5-8,11-12,16,21H,3-4,9-10H2,1-2H3,(H,20,24). The lowest BCUT2D eigenvalue weighted by atomic mass is 9.88. The van der Waals surface area contributed by atoms with Gasteiger partial charge >= 0.3 is 0 Å². The van der Waals surface area contributed by atoms with Gasteiger partial charge in [0.05, 0.1) is 10.9 Å². The van der Waals surface area contributed by atoms with Gasteiger partial charge in [0.2, 0.25) is 15.8 Å². The van der Waals surface area contributed by atoms with Gasteiger partial charge in [-0.15, -0.1) is 0 Å². The van der Waals surface area contributed by atoms with E-state index >= 15 is 0 Å². The molecule has 1 aromatic carbocycles. The molecule has 1 aliphatic heterocycles. The fourth-order valence-electron chi connectivity index (χ4n) is 2.94. The van der Waals surface area contributed by atoms with Crippen molar-refractivity contribution in [2.75, 3.05) is 6.54 Å². The molecule has 2 atom stereocenters. The predicted octanol–water partition coefficient (Wildman–Crippen LogP) is 1.18. The fraction of sp³-hybridized carbons (Fsp3) is 0.500. The molecule has 1 aliphatic rings. The molecule has 0 saturated carbocycles. The van der Waals surface area contributed by atoms with Crippen molar-refractivity contribution in [1.29, 1.82) is 0 Å². The van der Waals surface area contributed by atoms with Crippen LogP contribution in [0.5, 0.6) is 0 Å². The molecule has 0 aromatic heterocycles. The second kappa shape index (κ2) is 8.71. The highest BCUT2D eigenvalue weighted by Crippen LogP contribution is 2.20. The molecule has 1 saturated heterocycles. The maximum absolute atomic E-state index is 13.0. The molecule has 0 aliphatic carbocycles. The van der Waals surface area contributed by atoms with Crippen LogP contribution in [0.25, 0.3) is 0 Å². The topological polar surface area (TPSA) is 109 Å². The molecule has 148 valence electrons. The average molecular weight is 398 g/mol. The molecule has 1 heterocycles. The maximum Gasteiger partial charge on any atom is 0.287 e. The van der Waals surface area contributed by atoms with Crippen LogP contribution in [0.2, 0.25) is 0 Å². The molecule has 0 radical (unpaired) electrons. The summed E-state index contributed by atoms with van der Waals surface area (Å²) >= 11 is 0. The lowest BCUT2D eigenvalue weighted by Crippen LogP contribution is -2.45. The summed E-state index contributed by atoms with van der Waals surface area (Å²) in [6.07, 6.45) is 0.753.